The van der Waals surface area contributed by atoms with E-state index in [1.54, 1.807) is 34.5 Å². The number of nitrogens with zero attached hydrogens (tertiary/aromatic N) is 3. The maximum absolute atomic E-state index is 12.1. The Bertz CT molecular complexity index is 825. The van der Waals surface area contributed by atoms with E-state index in [1.165, 1.54) is 11.3 Å². The van der Waals surface area contributed by atoms with Crippen molar-refractivity contribution in [1.29, 1.82) is 0 Å². The molecule has 23 heavy (non-hydrogen) atoms. The number of aromatic nitrogens is 3. The molecule has 7 heteroatoms. The molecule has 2 heterocycles. The Balaban J connectivity index is 1.57. The van der Waals surface area contributed by atoms with Gasteiger partial charge in [0, 0.05) is 30.7 Å². The Hall–Kier alpha value is -2.67. The molecular formula is C16H16N4O2S. The zero-order valence-corrected chi connectivity index (χ0v) is 13.4. The number of carbonyl (C=O) groups is 1. The van der Waals surface area contributed by atoms with E-state index in [1.807, 2.05) is 19.3 Å². The predicted octanol–water partition coefficient (Wildman–Crippen LogP) is 2.22. The minimum atomic E-state index is -0.198. The van der Waals surface area contributed by atoms with Crippen LogP contribution in [0, 0.1) is 0 Å². The molecule has 0 aliphatic carbocycles. The lowest BCUT2D eigenvalue weighted by Crippen LogP contribution is -2.25. The highest BCUT2D eigenvalue weighted by Gasteiger charge is 2.12. The summed E-state index contributed by atoms with van der Waals surface area (Å²) in [6.07, 6.45) is 4.24. The summed E-state index contributed by atoms with van der Waals surface area (Å²) in [4.78, 5) is 16.5. The van der Waals surface area contributed by atoms with Gasteiger partial charge in [-0.25, -0.2) is 4.98 Å². The fourth-order valence-corrected chi connectivity index (χ4v) is 2.94. The van der Waals surface area contributed by atoms with Crippen molar-refractivity contribution in [3.63, 3.8) is 0 Å². The number of thiazole rings is 1. The van der Waals surface area contributed by atoms with Gasteiger partial charge in [0.15, 0.2) is 0 Å². The first-order valence-electron chi connectivity index (χ1n) is 7.12. The molecule has 3 aromatic rings. The van der Waals surface area contributed by atoms with E-state index >= 15 is 0 Å². The molecule has 3 rings (SSSR count). The van der Waals surface area contributed by atoms with E-state index in [0.717, 1.165) is 16.1 Å². The number of hydrogen-bond acceptors (Lipinski definition) is 5. The number of carbonyl (C=O) groups excluding carboxylic acids is 1. The third-order valence-corrected chi connectivity index (χ3v) is 4.19. The van der Waals surface area contributed by atoms with Gasteiger partial charge in [-0.15, -0.1) is 11.3 Å². The van der Waals surface area contributed by atoms with Crippen molar-refractivity contribution >= 4 is 17.2 Å². The van der Waals surface area contributed by atoms with Gasteiger partial charge in [-0.2, -0.15) is 5.10 Å². The van der Waals surface area contributed by atoms with Gasteiger partial charge in [-0.3, -0.25) is 9.48 Å². The highest BCUT2D eigenvalue weighted by molar-refractivity contribution is 7.13. The highest BCUT2D eigenvalue weighted by Crippen LogP contribution is 2.22. The average molecular weight is 328 g/mol. The third-order valence-electron chi connectivity index (χ3n) is 3.30. The number of nitrogens with one attached hydrogen (secondary N) is 1. The number of aromatic hydroxyl groups is 1. The monoisotopic (exact) mass is 328 g/mol. The molecule has 0 unspecified atom stereocenters. The van der Waals surface area contributed by atoms with Gasteiger partial charge >= 0.3 is 0 Å². The lowest BCUT2D eigenvalue weighted by Gasteiger charge is -2.04. The summed E-state index contributed by atoms with van der Waals surface area (Å²) in [5.41, 5.74) is 2.28. The summed E-state index contributed by atoms with van der Waals surface area (Å²) in [5.74, 6) is 0.0333. The van der Waals surface area contributed by atoms with Gasteiger partial charge in [0.2, 0.25) is 0 Å². The zero-order valence-electron chi connectivity index (χ0n) is 12.6. The summed E-state index contributed by atoms with van der Waals surface area (Å²) < 4.78 is 1.70. The molecule has 0 aliphatic rings. The van der Waals surface area contributed by atoms with Gasteiger partial charge in [0.25, 0.3) is 5.91 Å². The molecule has 2 aromatic heterocycles. The summed E-state index contributed by atoms with van der Waals surface area (Å²) in [7, 11) is 1.84. The Morgan fingerprint density at radius 1 is 1.43 bits per heavy atom. The van der Waals surface area contributed by atoms with Crippen LogP contribution in [-0.4, -0.2) is 32.3 Å². The van der Waals surface area contributed by atoms with Gasteiger partial charge in [0.05, 0.1) is 6.20 Å². The van der Waals surface area contributed by atoms with Gasteiger partial charge in [-0.05, 0) is 24.1 Å². The van der Waals surface area contributed by atoms with Crippen LogP contribution in [0.5, 0.6) is 5.75 Å². The molecule has 0 saturated heterocycles. The molecular weight excluding hydrogens is 312 g/mol. The minimum absolute atomic E-state index is 0.198. The topological polar surface area (TPSA) is 80.0 Å². The van der Waals surface area contributed by atoms with E-state index < -0.39 is 0 Å². The molecule has 0 spiro atoms. The predicted molar refractivity (Wildman–Crippen MR) is 88.5 cm³/mol. The fraction of sp³-hybridized carbons (Fsp3) is 0.188. The SMILES string of the molecule is Cn1cc(-c2nc(C(=O)NCCc3cccc(O)c3)cs2)cn1. The van der Waals surface area contributed by atoms with Gasteiger partial charge in [0.1, 0.15) is 16.5 Å². The Kier molecular flexibility index (Phi) is 4.38. The Morgan fingerprint density at radius 3 is 3.04 bits per heavy atom. The molecule has 0 atom stereocenters. The van der Waals surface area contributed by atoms with Crippen molar-refractivity contribution in [2.45, 2.75) is 6.42 Å². The van der Waals surface area contributed by atoms with Crippen molar-refractivity contribution in [3.8, 4) is 16.3 Å². The largest absolute Gasteiger partial charge is 0.508 e. The van der Waals surface area contributed by atoms with Crippen LogP contribution in [0.4, 0.5) is 0 Å². The van der Waals surface area contributed by atoms with Crippen molar-refractivity contribution in [2.24, 2.45) is 7.05 Å². The molecule has 0 aliphatic heterocycles. The molecule has 0 saturated carbocycles. The summed E-state index contributed by atoms with van der Waals surface area (Å²) in [6, 6.07) is 7.01. The smallest absolute Gasteiger partial charge is 0.270 e. The third kappa shape index (κ3) is 3.75. The number of rotatable bonds is 5. The van der Waals surface area contributed by atoms with E-state index in [0.29, 0.717) is 18.7 Å². The number of hydrogen-bond donors (Lipinski definition) is 2. The van der Waals surface area contributed by atoms with Gasteiger partial charge in [-0.1, -0.05) is 12.1 Å². The Morgan fingerprint density at radius 2 is 2.30 bits per heavy atom. The van der Waals surface area contributed by atoms with Crippen LogP contribution in [-0.2, 0) is 13.5 Å². The van der Waals surface area contributed by atoms with Crippen LogP contribution in [0.3, 0.4) is 0 Å². The number of amides is 1. The van der Waals surface area contributed by atoms with Crippen molar-refractivity contribution in [2.75, 3.05) is 6.54 Å². The first-order valence-corrected chi connectivity index (χ1v) is 8.00. The minimum Gasteiger partial charge on any atom is -0.508 e. The first-order chi connectivity index (χ1) is 11.1. The molecule has 0 fully saturated rings. The van der Waals surface area contributed by atoms with Crippen molar-refractivity contribution in [1.82, 2.24) is 20.1 Å². The van der Waals surface area contributed by atoms with E-state index in [4.69, 9.17) is 0 Å². The number of benzene rings is 1. The second-order valence-electron chi connectivity index (χ2n) is 5.12. The molecule has 6 nitrogen and oxygen atoms in total. The maximum atomic E-state index is 12.1. The lowest BCUT2D eigenvalue weighted by molar-refractivity contribution is 0.0950. The molecule has 1 aromatic carbocycles. The van der Waals surface area contributed by atoms with Crippen LogP contribution >= 0.6 is 11.3 Å². The van der Waals surface area contributed by atoms with Crippen LogP contribution in [0.25, 0.3) is 10.6 Å². The number of phenols is 1. The summed E-state index contributed by atoms with van der Waals surface area (Å²) >= 11 is 1.42. The van der Waals surface area contributed by atoms with Crippen LogP contribution in [0.2, 0.25) is 0 Å². The lowest BCUT2D eigenvalue weighted by atomic mass is 10.1. The maximum Gasteiger partial charge on any atom is 0.270 e. The molecule has 0 bridgehead atoms. The van der Waals surface area contributed by atoms with Crippen molar-refractivity contribution < 1.29 is 9.90 Å². The summed E-state index contributed by atoms with van der Waals surface area (Å²) in [6.45, 7) is 0.488. The molecule has 118 valence electrons. The van der Waals surface area contributed by atoms with Gasteiger partial charge < -0.3 is 10.4 Å². The zero-order chi connectivity index (χ0) is 16.2. The normalized spacial score (nSPS) is 10.7. The van der Waals surface area contributed by atoms with Crippen molar-refractivity contribution in [3.05, 3.63) is 53.3 Å². The average Bonchev–Trinajstić information content (AvgIpc) is 3.16. The van der Waals surface area contributed by atoms with Crippen LogP contribution in [0.15, 0.2) is 42.0 Å². The second kappa shape index (κ2) is 6.62. The standard InChI is InChI=1S/C16H16N4O2S/c1-20-9-12(8-18-20)16-19-14(10-23-16)15(22)17-6-5-11-3-2-4-13(21)7-11/h2-4,7-10,21H,5-6H2,1H3,(H,17,22). The Labute approximate surface area is 137 Å². The van der Waals surface area contributed by atoms with E-state index in [2.05, 4.69) is 15.4 Å². The van der Waals surface area contributed by atoms with E-state index in [-0.39, 0.29) is 11.7 Å². The number of aryl methyl sites for hydroxylation is 1. The first kappa shape index (κ1) is 15.2. The van der Waals surface area contributed by atoms with E-state index in [9.17, 15) is 9.90 Å². The van der Waals surface area contributed by atoms with Crippen LogP contribution in [0.1, 0.15) is 16.1 Å². The quantitative estimate of drug-likeness (QED) is 0.752. The molecule has 2 N–H and O–H groups in total. The molecule has 1 amide bonds. The summed E-state index contributed by atoms with van der Waals surface area (Å²) in [5, 5.41) is 18.9. The fourth-order valence-electron chi connectivity index (χ4n) is 2.17. The highest BCUT2D eigenvalue weighted by atomic mass is 32.1. The number of phenolic OH excluding ortho intramolecular Hbond substituents is 1. The second-order valence-corrected chi connectivity index (χ2v) is 5.97. The van der Waals surface area contributed by atoms with Crippen LogP contribution < -0.4 is 5.32 Å². The molecule has 0 radical (unpaired) electrons.